The lowest BCUT2D eigenvalue weighted by atomic mass is 9.49. The van der Waals surface area contributed by atoms with Gasteiger partial charge in [-0.15, -0.1) is 0 Å². The van der Waals surface area contributed by atoms with Gasteiger partial charge >= 0.3 is 0 Å². The van der Waals surface area contributed by atoms with E-state index in [0.29, 0.717) is 52.9 Å². The Hall–Kier alpha value is -1.95. The molecule has 0 spiro atoms. The molecule has 31 heavy (non-hydrogen) atoms. The molecule has 0 aromatic heterocycles. The second-order valence-electron chi connectivity index (χ2n) is 10.0. The fourth-order valence-electron chi connectivity index (χ4n) is 7.13. The molecule has 0 radical (unpaired) electrons. The van der Waals surface area contributed by atoms with Gasteiger partial charge in [0.2, 0.25) is 11.8 Å². The average molecular weight is 447 g/mol. The summed E-state index contributed by atoms with van der Waals surface area (Å²) >= 11 is 6.19. The van der Waals surface area contributed by atoms with Crippen molar-refractivity contribution in [3.8, 4) is 11.5 Å². The van der Waals surface area contributed by atoms with Gasteiger partial charge in [0.1, 0.15) is 17.5 Å². The molecular formula is C24H31ClN2O4. The van der Waals surface area contributed by atoms with Crippen molar-refractivity contribution in [2.45, 2.75) is 57.4 Å². The fourth-order valence-corrected chi connectivity index (χ4v) is 7.36. The van der Waals surface area contributed by atoms with Crippen LogP contribution in [0.4, 0.5) is 5.69 Å². The van der Waals surface area contributed by atoms with E-state index in [1.807, 2.05) is 4.90 Å². The highest BCUT2D eigenvalue weighted by atomic mass is 35.5. The number of hydrogen-bond donors (Lipinski definition) is 1. The molecule has 168 valence electrons. The number of rotatable bonds is 5. The van der Waals surface area contributed by atoms with Crippen LogP contribution in [0.2, 0.25) is 5.02 Å². The summed E-state index contributed by atoms with van der Waals surface area (Å²) < 4.78 is 10.7. The Kier molecular flexibility index (Phi) is 5.32. The fraction of sp³-hybridized carbons (Fsp3) is 0.667. The molecule has 6 rings (SSSR count). The van der Waals surface area contributed by atoms with Gasteiger partial charge in [-0.05, 0) is 69.1 Å². The van der Waals surface area contributed by atoms with Gasteiger partial charge in [0, 0.05) is 18.7 Å². The van der Waals surface area contributed by atoms with Gasteiger partial charge in [-0.1, -0.05) is 11.6 Å². The predicted molar refractivity (Wildman–Crippen MR) is 119 cm³/mol. The van der Waals surface area contributed by atoms with Crippen molar-refractivity contribution in [1.29, 1.82) is 0 Å². The van der Waals surface area contributed by atoms with Crippen molar-refractivity contribution in [2.24, 2.45) is 23.2 Å². The number of likely N-dealkylation sites (tertiary alicyclic amines) is 1. The Balaban J connectivity index is 1.35. The van der Waals surface area contributed by atoms with E-state index in [4.69, 9.17) is 21.1 Å². The van der Waals surface area contributed by atoms with Crippen LogP contribution < -0.4 is 14.8 Å². The first kappa shape index (κ1) is 20.9. The van der Waals surface area contributed by atoms with Crippen LogP contribution in [0, 0.1) is 23.2 Å². The second kappa shape index (κ2) is 7.88. The summed E-state index contributed by atoms with van der Waals surface area (Å²) in [4.78, 5) is 29.0. The van der Waals surface area contributed by atoms with E-state index >= 15 is 0 Å². The maximum Gasteiger partial charge on any atom is 0.247 e. The van der Waals surface area contributed by atoms with Crippen LogP contribution in [0.1, 0.15) is 51.4 Å². The highest BCUT2D eigenvalue weighted by Gasteiger charge is 2.56. The first-order chi connectivity index (χ1) is 14.9. The second-order valence-corrected chi connectivity index (χ2v) is 10.4. The molecule has 7 heteroatoms. The van der Waals surface area contributed by atoms with Crippen LogP contribution in [0.5, 0.6) is 11.5 Å². The molecule has 4 bridgehead atoms. The van der Waals surface area contributed by atoms with Gasteiger partial charge in [0.25, 0.3) is 0 Å². The molecule has 5 aliphatic rings. The smallest absolute Gasteiger partial charge is 0.247 e. The SMILES string of the molecule is COc1cc(NC(=O)C2CCCN2C(=O)C23CC4CC(CC(C4)C2)C3)c(OC)cc1Cl. The van der Waals surface area contributed by atoms with Gasteiger partial charge < -0.3 is 19.7 Å². The minimum Gasteiger partial charge on any atom is -0.495 e. The number of halogens is 1. The van der Waals surface area contributed by atoms with Crippen LogP contribution in [0.3, 0.4) is 0 Å². The molecule has 1 saturated heterocycles. The third-order valence-corrected chi connectivity index (χ3v) is 8.34. The Labute approximate surface area is 188 Å². The molecule has 1 N–H and O–H groups in total. The van der Waals surface area contributed by atoms with E-state index in [2.05, 4.69) is 5.32 Å². The van der Waals surface area contributed by atoms with Gasteiger partial charge in [-0.3, -0.25) is 9.59 Å². The molecule has 1 aromatic rings. The predicted octanol–water partition coefficient (Wildman–Crippen LogP) is 4.50. The molecule has 1 aromatic carbocycles. The van der Waals surface area contributed by atoms with Crippen LogP contribution in [-0.2, 0) is 9.59 Å². The summed E-state index contributed by atoms with van der Waals surface area (Å²) in [7, 11) is 3.06. The van der Waals surface area contributed by atoms with Crippen LogP contribution >= 0.6 is 11.6 Å². The third kappa shape index (κ3) is 3.57. The van der Waals surface area contributed by atoms with Crippen molar-refractivity contribution in [3.63, 3.8) is 0 Å². The van der Waals surface area contributed by atoms with Gasteiger partial charge in [0.15, 0.2) is 0 Å². The number of methoxy groups -OCH3 is 2. The number of ether oxygens (including phenoxy) is 2. The lowest BCUT2D eigenvalue weighted by molar-refractivity contribution is -0.160. The van der Waals surface area contributed by atoms with Gasteiger partial charge in [0.05, 0.1) is 30.3 Å². The maximum absolute atomic E-state index is 13.8. The minimum atomic E-state index is -0.438. The highest BCUT2D eigenvalue weighted by Crippen LogP contribution is 2.60. The molecule has 5 fully saturated rings. The third-order valence-electron chi connectivity index (χ3n) is 8.04. The van der Waals surface area contributed by atoms with E-state index in [1.54, 1.807) is 12.1 Å². The summed E-state index contributed by atoms with van der Waals surface area (Å²) in [6.45, 7) is 0.666. The van der Waals surface area contributed by atoms with Crippen molar-refractivity contribution in [2.75, 3.05) is 26.1 Å². The minimum absolute atomic E-state index is 0.168. The Morgan fingerprint density at radius 3 is 2.23 bits per heavy atom. The molecule has 1 heterocycles. The summed E-state index contributed by atoms with van der Waals surface area (Å²) in [6.07, 6.45) is 8.51. The summed E-state index contributed by atoms with van der Waals surface area (Å²) in [5.41, 5.74) is 0.279. The number of anilines is 1. The molecule has 2 amide bonds. The number of amides is 2. The number of carbonyl (C=O) groups is 2. The molecule has 4 aliphatic carbocycles. The van der Waals surface area contributed by atoms with Crippen LogP contribution in [-0.4, -0.2) is 43.5 Å². The topological polar surface area (TPSA) is 67.9 Å². The number of nitrogens with zero attached hydrogens (tertiary/aromatic N) is 1. The summed E-state index contributed by atoms with van der Waals surface area (Å²) in [5.74, 6) is 3.10. The molecule has 1 aliphatic heterocycles. The number of hydrogen-bond acceptors (Lipinski definition) is 4. The largest absolute Gasteiger partial charge is 0.495 e. The molecule has 4 saturated carbocycles. The van der Waals surface area contributed by atoms with E-state index in [-0.39, 0.29) is 17.2 Å². The first-order valence-electron chi connectivity index (χ1n) is 11.5. The maximum atomic E-state index is 13.8. The quantitative estimate of drug-likeness (QED) is 0.722. The zero-order valence-corrected chi connectivity index (χ0v) is 19.0. The Morgan fingerprint density at radius 1 is 1.03 bits per heavy atom. The average Bonchev–Trinajstić information content (AvgIpc) is 3.23. The number of nitrogens with one attached hydrogen (secondary N) is 1. The van der Waals surface area contributed by atoms with Crippen molar-refractivity contribution in [1.82, 2.24) is 4.90 Å². The van der Waals surface area contributed by atoms with E-state index in [1.165, 1.54) is 33.5 Å². The lowest BCUT2D eigenvalue weighted by Gasteiger charge is -2.56. The Morgan fingerprint density at radius 2 is 1.65 bits per heavy atom. The zero-order chi connectivity index (χ0) is 21.8. The highest BCUT2D eigenvalue weighted by molar-refractivity contribution is 6.32. The van der Waals surface area contributed by atoms with E-state index in [0.717, 1.165) is 25.7 Å². The van der Waals surface area contributed by atoms with Crippen molar-refractivity contribution < 1.29 is 19.1 Å². The van der Waals surface area contributed by atoms with Crippen LogP contribution in [0.15, 0.2) is 12.1 Å². The molecule has 6 nitrogen and oxygen atoms in total. The molecule has 1 unspecified atom stereocenters. The van der Waals surface area contributed by atoms with Crippen LogP contribution in [0.25, 0.3) is 0 Å². The Bertz CT molecular complexity index is 867. The monoisotopic (exact) mass is 446 g/mol. The normalized spacial score (nSPS) is 33.5. The van der Waals surface area contributed by atoms with Gasteiger partial charge in [-0.25, -0.2) is 0 Å². The molecular weight excluding hydrogens is 416 g/mol. The van der Waals surface area contributed by atoms with E-state index in [9.17, 15) is 9.59 Å². The van der Waals surface area contributed by atoms with Gasteiger partial charge in [-0.2, -0.15) is 0 Å². The molecule has 1 atom stereocenters. The zero-order valence-electron chi connectivity index (χ0n) is 18.3. The number of carbonyl (C=O) groups excluding carboxylic acids is 2. The lowest BCUT2D eigenvalue weighted by Crippen LogP contribution is -2.56. The first-order valence-corrected chi connectivity index (χ1v) is 11.8. The van der Waals surface area contributed by atoms with E-state index < -0.39 is 6.04 Å². The summed E-state index contributed by atoms with van der Waals surface area (Å²) in [6, 6.07) is 2.86. The van der Waals surface area contributed by atoms with Crippen molar-refractivity contribution >= 4 is 29.1 Å². The summed E-state index contributed by atoms with van der Waals surface area (Å²) in [5, 5.41) is 3.38. The van der Waals surface area contributed by atoms with Crippen molar-refractivity contribution in [3.05, 3.63) is 17.2 Å². The standard InChI is InChI=1S/C24H31ClN2O4/c1-30-20-10-18(21(31-2)9-17(20)25)26-22(28)19-4-3-5-27(19)23(29)24-11-14-6-15(12-24)8-16(7-14)13-24/h9-10,14-16,19H,3-8,11-13H2,1-2H3,(H,26,28). The number of benzene rings is 1.